The largest absolute Gasteiger partial charge is 0.496 e. The number of aryl methyl sites for hydroxylation is 2. The molecule has 0 fully saturated rings. The van der Waals surface area contributed by atoms with Gasteiger partial charge in [-0.05, 0) is 44.2 Å². The van der Waals surface area contributed by atoms with Crippen LogP contribution in [0, 0.1) is 6.92 Å². The minimum absolute atomic E-state index is 0.0430. The highest BCUT2D eigenvalue weighted by atomic mass is 32.1. The van der Waals surface area contributed by atoms with Crippen molar-refractivity contribution in [2.24, 2.45) is 7.05 Å². The number of aliphatic hydroxyl groups excluding tert-OH is 1. The molecule has 1 unspecified atom stereocenters. The summed E-state index contributed by atoms with van der Waals surface area (Å²) in [5.41, 5.74) is 3.26. The molecule has 0 saturated carbocycles. The maximum Gasteiger partial charge on any atom is 0.259 e. The van der Waals surface area contributed by atoms with E-state index < -0.39 is 6.29 Å². The standard InChI is InChI=1S/C18H20N2O2S.C3H8O2/c1-11-5-6-12(7-16(11)22-4)15-10-20(3)18(21)14-8-13(9-19-2)23-17(14)15;1-3(4)5-2/h5-8,10,19H,9H2,1-4H3;3-4H,1-2H3. The number of nitrogens with one attached hydrogen (secondary N) is 1. The molecule has 0 saturated heterocycles. The molecular weight excluding hydrogens is 376 g/mol. The summed E-state index contributed by atoms with van der Waals surface area (Å²) in [4.78, 5) is 13.6. The van der Waals surface area contributed by atoms with Gasteiger partial charge in [-0.25, -0.2) is 0 Å². The quantitative estimate of drug-likeness (QED) is 0.639. The molecule has 0 aliphatic heterocycles. The van der Waals surface area contributed by atoms with E-state index in [1.807, 2.05) is 38.4 Å². The Hall–Kier alpha value is -2.19. The number of nitrogens with zero attached hydrogens (tertiary/aromatic N) is 1. The summed E-state index contributed by atoms with van der Waals surface area (Å²) in [6, 6.07) is 8.15. The zero-order valence-corrected chi connectivity index (χ0v) is 18.0. The second kappa shape index (κ2) is 9.84. The van der Waals surface area contributed by atoms with Crippen LogP contribution < -0.4 is 15.6 Å². The van der Waals surface area contributed by atoms with E-state index in [-0.39, 0.29) is 5.56 Å². The highest BCUT2D eigenvalue weighted by molar-refractivity contribution is 7.19. The Morgan fingerprint density at radius 2 is 1.96 bits per heavy atom. The molecule has 0 spiro atoms. The molecule has 7 heteroatoms. The first kappa shape index (κ1) is 22.1. The van der Waals surface area contributed by atoms with Crippen LogP contribution >= 0.6 is 11.3 Å². The summed E-state index contributed by atoms with van der Waals surface area (Å²) in [5.74, 6) is 0.858. The highest BCUT2D eigenvalue weighted by Crippen LogP contribution is 2.35. The predicted molar refractivity (Wildman–Crippen MR) is 115 cm³/mol. The lowest BCUT2D eigenvalue weighted by Crippen LogP contribution is -2.15. The summed E-state index contributed by atoms with van der Waals surface area (Å²) in [7, 11) is 6.84. The number of fused-ring (bicyclic) bond motifs is 1. The molecule has 0 aliphatic carbocycles. The van der Waals surface area contributed by atoms with Gasteiger partial charge in [0.1, 0.15) is 5.75 Å². The number of hydrogen-bond acceptors (Lipinski definition) is 6. The van der Waals surface area contributed by atoms with Gasteiger partial charge in [-0.3, -0.25) is 4.79 Å². The zero-order valence-electron chi connectivity index (χ0n) is 17.2. The maximum absolute atomic E-state index is 12.4. The molecular formula is C21H28N2O4S. The van der Waals surface area contributed by atoms with Crippen molar-refractivity contribution < 1.29 is 14.6 Å². The normalized spacial score (nSPS) is 11.8. The fraction of sp³-hybridized carbons (Fsp3) is 0.381. The van der Waals surface area contributed by atoms with Gasteiger partial charge in [0.05, 0.1) is 12.5 Å². The lowest BCUT2D eigenvalue weighted by atomic mass is 10.0. The van der Waals surface area contributed by atoms with Crippen molar-refractivity contribution in [3.8, 4) is 16.9 Å². The fourth-order valence-electron chi connectivity index (χ4n) is 2.76. The monoisotopic (exact) mass is 404 g/mol. The third-order valence-electron chi connectivity index (χ3n) is 4.31. The molecule has 152 valence electrons. The Morgan fingerprint density at radius 3 is 2.54 bits per heavy atom. The van der Waals surface area contributed by atoms with E-state index in [0.29, 0.717) is 0 Å². The molecule has 0 amide bonds. The van der Waals surface area contributed by atoms with Crippen LogP contribution in [-0.4, -0.2) is 37.2 Å². The second-order valence-electron chi connectivity index (χ2n) is 6.46. The van der Waals surface area contributed by atoms with Gasteiger partial charge in [-0.15, -0.1) is 11.3 Å². The van der Waals surface area contributed by atoms with Crippen molar-refractivity contribution in [3.05, 3.63) is 51.3 Å². The molecule has 0 aliphatic rings. The molecule has 28 heavy (non-hydrogen) atoms. The number of benzene rings is 1. The first-order valence-electron chi connectivity index (χ1n) is 8.94. The number of pyridine rings is 1. The Labute approximate surface area is 169 Å². The molecule has 2 N–H and O–H groups in total. The summed E-state index contributed by atoms with van der Waals surface area (Å²) < 4.78 is 12.4. The molecule has 0 bridgehead atoms. The lowest BCUT2D eigenvalue weighted by Gasteiger charge is -2.10. The van der Waals surface area contributed by atoms with Gasteiger partial charge in [-0.1, -0.05) is 12.1 Å². The van der Waals surface area contributed by atoms with Crippen molar-refractivity contribution in [2.45, 2.75) is 26.7 Å². The molecule has 0 radical (unpaired) electrons. The summed E-state index contributed by atoms with van der Waals surface area (Å²) in [6.07, 6.45) is 1.30. The van der Waals surface area contributed by atoms with Gasteiger partial charge in [0.2, 0.25) is 0 Å². The number of methoxy groups -OCH3 is 2. The third-order valence-corrected chi connectivity index (χ3v) is 5.48. The lowest BCUT2D eigenvalue weighted by molar-refractivity contribution is -0.0583. The van der Waals surface area contributed by atoms with Gasteiger partial charge in [0.25, 0.3) is 5.56 Å². The number of rotatable bonds is 5. The average Bonchev–Trinajstić information content (AvgIpc) is 3.10. The van der Waals surface area contributed by atoms with Crippen molar-refractivity contribution in [1.82, 2.24) is 9.88 Å². The highest BCUT2D eigenvalue weighted by Gasteiger charge is 2.14. The Balaban J connectivity index is 0.000000500. The van der Waals surface area contributed by atoms with Crippen LogP contribution in [0.1, 0.15) is 17.4 Å². The number of aliphatic hydroxyl groups is 1. The minimum atomic E-state index is -0.616. The first-order valence-corrected chi connectivity index (χ1v) is 9.76. The number of ether oxygens (including phenoxy) is 2. The van der Waals surface area contributed by atoms with E-state index in [2.05, 4.69) is 16.1 Å². The van der Waals surface area contributed by atoms with Gasteiger partial charge >= 0.3 is 0 Å². The molecule has 3 rings (SSSR count). The zero-order chi connectivity index (χ0) is 20.8. The summed E-state index contributed by atoms with van der Waals surface area (Å²) in [6.45, 7) is 4.34. The average molecular weight is 405 g/mol. The SMILES string of the molecule is CNCc1cc2c(=O)n(C)cc(-c3ccc(C)c(OC)c3)c2s1.COC(C)O. The molecule has 1 atom stereocenters. The van der Waals surface area contributed by atoms with Crippen molar-refractivity contribution in [3.63, 3.8) is 0 Å². The van der Waals surface area contributed by atoms with Crippen LogP contribution in [-0.2, 0) is 18.3 Å². The fourth-order valence-corrected chi connectivity index (χ4v) is 3.95. The third kappa shape index (κ3) is 4.99. The van der Waals surface area contributed by atoms with Gasteiger partial charge in [0, 0.05) is 42.0 Å². The number of hydrogen-bond donors (Lipinski definition) is 2. The van der Waals surface area contributed by atoms with E-state index in [1.165, 1.54) is 7.11 Å². The smallest absolute Gasteiger partial charge is 0.259 e. The Bertz CT molecular complexity index is 992. The number of aromatic nitrogens is 1. The van der Waals surface area contributed by atoms with Gasteiger partial charge in [-0.2, -0.15) is 0 Å². The molecule has 2 aromatic heterocycles. The van der Waals surface area contributed by atoms with Gasteiger partial charge in [0.15, 0.2) is 6.29 Å². The van der Waals surface area contributed by atoms with Crippen LogP contribution in [0.25, 0.3) is 21.2 Å². The van der Waals surface area contributed by atoms with E-state index in [0.717, 1.165) is 43.9 Å². The van der Waals surface area contributed by atoms with Crippen LogP contribution in [0.15, 0.2) is 35.3 Å². The molecule has 6 nitrogen and oxygen atoms in total. The summed E-state index contributed by atoms with van der Waals surface area (Å²) >= 11 is 1.67. The number of thiophene rings is 1. The molecule has 2 heterocycles. The van der Waals surface area contributed by atoms with E-state index >= 15 is 0 Å². The summed E-state index contributed by atoms with van der Waals surface area (Å²) in [5, 5.41) is 12.1. The van der Waals surface area contributed by atoms with Crippen molar-refractivity contribution >= 4 is 21.4 Å². The van der Waals surface area contributed by atoms with E-state index in [4.69, 9.17) is 9.84 Å². The second-order valence-corrected chi connectivity index (χ2v) is 7.60. The van der Waals surface area contributed by atoms with Crippen LogP contribution in [0.2, 0.25) is 0 Å². The first-order chi connectivity index (χ1) is 13.3. The van der Waals surface area contributed by atoms with Crippen LogP contribution in [0.3, 0.4) is 0 Å². The predicted octanol–water partition coefficient (Wildman–Crippen LogP) is 3.27. The van der Waals surface area contributed by atoms with Crippen LogP contribution in [0.4, 0.5) is 0 Å². The van der Waals surface area contributed by atoms with E-state index in [1.54, 1.807) is 37.0 Å². The van der Waals surface area contributed by atoms with Gasteiger partial charge < -0.3 is 24.5 Å². The Kier molecular flexibility index (Phi) is 7.77. The topological polar surface area (TPSA) is 72.7 Å². The van der Waals surface area contributed by atoms with E-state index in [9.17, 15) is 4.79 Å². The minimum Gasteiger partial charge on any atom is -0.496 e. The maximum atomic E-state index is 12.4. The van der Waals surface area contributed by atoms with Crippen molar-refractivity contribution in [1.29, 1.82) is 0 Å². The van der Waals surface area contributed by atoms with Crippen molar-refractivity contribution in [2.75, 3.05) is 21.3 Å². The molecule has 1 aromatic carbocycles. The molecule has 3 aromatic rings. The Morgan fingerprint density at radius 1 is 1.29 bits per heavy atom. The van der Waals surface area contributed by atoms with Crippen LogP contribution in [0.5, 0.6) is 5.75 Å².